The second kappa shape index (κ2) is 7.03. The van der Waals surface area contributed by atoms with E-state index in [4.69, 9.17) is 5.73 Å². The highest BCUT2D eigenvalue weighted by Gasteiger charge is 2.39. The van der Waals surface area contributed by atoms with Crippen molar-refractivity contribution in [3.63, 3.8) is 0 Å². The summed E-state index contributed by atoms with van der Waals surface area (Å²) in [5.74, 6) is 4.21. The fraction of sp³-hybridized carbons (Fsp3) is 0.933. The van der Waals surface area contributed by atoms with E-state index in [0.717, 1.165) is 30.1 Å². The smallest absolute Gasteiger partial charge is 0.0972 e. The summed E-state index contributed by atoms with van der Waals surface area (Å²) >= 11 is 0. The van der Waals surface area contributed by atoms with E-state index < -0.39 is 0 Å². The van der Waals surface area contributed by atoms with Gasteiger partial charge < -0.3 is 5.73 Å². The van der Waals surface area contributed by atoms with Gasteiger partial charge in [0.15, 0.2) is 0 Å². The number of nitrogens with zero attached hydrogens (tertiary/aromatic N) is 1. The topological polar surface area (TPSA) is 38.4 Å². The van der Waals surface area contributed by atoms with Crippen molar-refractivity contribution in [3.8, 4) is 0 Å². The summed E-state index contributed by atoms with van der Waals surface area (Å²) in [4.78, 5) is 4.44. The molecule has 0 aromatic heterocycles. The van der Waals surface area contributed by atoms with Gasteiger partial charge in [-0.05, 0) is 30.6 Å². The molecule has 4 unspecified atom stereocenters. The van der Waals surface area contributed by atoms with Gasteiger partial charge in [-0.15, -0.1) is 0 Å². The van der Waals surface area contributed by atoms with Gasteiger partial charge in [0, 0.05) is 12.5 Å². The van der Waals surface area contributed by atoms with E-state index >= 15 is 0 Å². The third-order valence-corrected chi connectivity index (χ3v) is 4.47. The summed E-state index contributed by atoms with van der Waals surface area (Å²) in [7, 11) is 0. The third-order valence-electron chi connectivity index (χ3n) is 4.47. The Morgan fingerprint density at radius 1 is 1.18 bits per heavy atom. The van der Waals surface area contributed by atoms with Crippen LogP contribution in [0.1, 0.15) is 59.8 Å². The first-order valence-corrected chi connectivity index (χ1v) is 7.56. The van der Waals surface area contributed by atoms with Crippen LogP contribution in [0, 0.1) is 23.7 Å². The van der Waals surface area contributed by atoms with Gasteiger partial charge in [0.2, 0.25) is 0 Å². The van der Waals surface area contributed by atoms with E-state index in [1.807, 2.05) is 13.8 Å². The van der Waals surface area contributed by atoms with Crippen molar-refractivity contribution in [1.82, 2.24) is 0 Å². The quantitative estimate of drug-likeness (QED) is 0.797. The standard InChI is InChI=1S/C13H24N2.C2H6/c1-3-5-10-6-11-8-15-13(14)12(11)7-9(10)4-2;1-2/h9-12H,3-8H2,1-2H3,(H2,14,15);1-2H3. The molecule has 1 aliphatic carbocycles. The molecule has 0 spiro atoms. The van der Waals surface area contributed by atoms with Gasteiger partial charge in [-0.2, -0.15) is 0 Å². The van der Waals surface area contributed by atoms with Crippen molar-refractivity contribution >= 4 is 5.84 Å². The highest BCUT2D eigenvalue weighted by molar-refractivity contribution is 5.84. The Morgan fingerprint density at radius 2 is 1.88 bits per heavy atom. The molecule has 4 atom stereocenters. The molecule has 17 heavy (non-hydrogen) atoms. The Bertz CT molecular complexity index is 247. The number of nitrogens with two attached hydrogens (primary N) is 1. The van der Waals surface area contributed by atoms with E-state index in [1.165, 1.54) is 32.1 Å². The Hall–Kier alpha value is -0.530. The van der Waals surface area contributed by atoms with E-state index in [1.54, 1.807) is 0 Å². The van der Waals surface area contributed by atoms with Gasteiger partial charge >= 0.3 is 0 Å². The molecule has 2 rings (SSSR count). The summed E-state index contributed by atoms with van der Waals surface area (Å²) in [6.45, 7) is 9.64. The molecule has 100 valence electrons. The number of aliphatic imine (C=N–C) groups is 1. The van der Waals surface area contributed by atoms with E-state index in [0.29, 0.717) is 5.92 Å². The van der Waals surface area contributed by atoms with Crippen molar-refractivity contribution in [3.05, 3.63) is 0 Å². The van der Waals surface area contributed by atoms with Crippen LogP contribution in [0.5, 0.6) is 0 Å². The fourth-order valence-electron chi connectivity index (χ4n) is 3.58. The van der Waals surface area contributed by atoms with Crippen LogP contribution in [-0.4, -0.2) is 12.4 Å². The normalized spacial score (nSPS) is 35.6. The number of hydrogen-bond donors (Lipinski definition) is 1. The summed E-state index contributed by atoms with van der Waals surface area (Å²) in [6.07, 6.45) is 6.74. The monoisotopic (exact) mass is 238 g/mol. The van der Waals surface area contributed by atoms with Crippen LogP contribution in [0.2, 0.25) is 0 Å². The second-order valence-corrected chi connectivity index (χ2v) is 5.32. The maximum absolute atomic E-state index is 5.98. The molecule has 2 nitrogen and oxygen atoms in total. The molecule has 2 N–H and O–H groups in total. The summed E-state index contributed by atoms with van der Waals surface area (Å²) in [6, 6.07) is 0. The molecule has 0 saturated heterocycles. The van der Waals surface area contributed by atoms with Crippen LogP contribution in [-0.2, 0) is 0 Å². The second-order valence-electron chi connectivity index (χ2n) is 5.32. The molecular weight excluding hydrogens is 208 g/mol. The lowest BCUT2D eigenvalue weighted by Gasteiger charge is -2.38. The van der Waals surface area contributed by atoms with Crippen LogP contribution in [0.3, 0.4) is 0 Å². The van der Waals surface area contributed by atoms with E-state index in [-0.39, 0.29) is 0 Å². The Labute approximate surface area is 107 Å². The zero-order valence-corrected chi connectivity index (χ0v) is 12.1. The van der Waals surface area contributed by atoms with Crippen LogP contribution in [0.4, 0.5) is 0 Å². The average molecular weight is 238 g/mol. The van der Waals surface area contributed by atoms with E-state index in [9.17, 15) is 0 Å². The number of fused-ring (bicyclic) bond motifs is 1. The lowest BCUT2D eigenvalue weighted by molar-refractivity contribution is 0.146. The van der Waals surface area contributed by atoms with E-state index in [2.05, 4.69) is 18.8 Å². The minimum absolute atomic E-state index is 0.628. The number of hydrogen-bond acceptors (Lipinski definition) is 2. The van der Waals surface area contributed by atoms with Crippen molar-refractivity contribution in [2.45, 2.75) is 59.8 Å². The lowest BCUT2D eigenvalue weighted by Crippen LogP contribution is -2.36. The molecule has 0 bridgehead atoms. The largest absolute Gasteiger partial charge is 0.387 e. The van der Waals surface area contributed by atoms with Crippen molar-refractivity contribution in [2.75, 3.05) is 6.54 Å². The molecule has 0 amide bonds. The molecule has 2 heteroatoms. The van der Waals surface area contributed by atoms with Crippen molar-refractivity contribution in [1.29, 1.82) is 0 Å². The molecule has 1 fully saturated rings. The molecular formula is C15H30N2. The number of amidine groups is 1. The first-order valence-electron chi connectivity index (χ1n) is 7.56. The van der Waals surface area contributed by atoms with Gasteiger partial charge in [0.1, 0.15) is 0 Å². The predicted octanol–water partition coefficient (Wildman–Crippen LogP) is 3.85. The summed E-state index contributed by atoms with van der Waals surface area (Å²) in [5, 5.41) is 0. The predicted molar refractivity (Wildman–Crippen MR) is 76.2 cm³/mol. The highest BCUT2D eigenvalue weighted by Crippen LogP contribution is 2.43. The Kier molecular flexibility index (Phi) is 6.01. The highest BCUT2D eigenvalue weighted by atomic mass is 14.9. The Balaban J connectivity index is 0.000000686. The van der Waals surface area contributed by atoms with Crippen LogP contribution in [0.15, 0.2) is 4.99 Å². The maximum atomic E-state index is 5.98. The summed E-state index contributed by atoms with van der Waals surface area (Å²) < 4.78 is 0. The first kappa shape index (κ1) is 14.5. The minimum Gasteiger partial charge on any atom is -0.387 e. The first-order chi connectivity index (χ1) is 8.26. The van der Waals surface area contributed by atoms with Gasteiger partial charge in [0.25, 0.3) is 0 Å². The van der Waals surface area contributed by atoms with Gasteiger partial charge in [-0.1, -0.05) is 47.0 Å². The SMILES string of the molecule is CC.CCCC1CC2CN=C(N)C2CC1CC. The average Bonchev–Trinajstić information content (AvgIpc) is 2.72. The molecule has 1 aliphatic heterocycles. The summed E-state index contributed by atoms with van der Waals surface area (Å²) in [5.41, 5.74) is 5.98. The minimum atomic E-state index is 0.628. The van der Waals surface area contributed by atoms with Gasteiger partial charge in [0.05, 0.1) is 5.84 Å². The molecule has 0 aromatic carbocycles. The van der Waals surface area contributed by atoms with Crippen molar-refractivity contribution in [2.24, 2.45) is 34.4 Å². The van der Waals surface area contributed by atoms with Crippen LogP contribution >= 0.6 is 0 Å². The fourth-order valence-corrected chi connectivity index (χ4v) is 3.58. The Morgan fingerprint density at radius 3 is 2.47 bits per heavy atom. The molecule has 1 heterocycles. The zero-order valence-electron chi connectivity index (χ0n) is 12.1. The van der Waals surface area contributed by atoms with Gasteiger partial charge in [-0.25, -0.2) is 0 Å². The molecule has 0 aromatic rings. The van der Waals surface area contributed by atoms with Gasteiger partial charge in [-0.3, -0.25) is 4.99 Å². The van der Waals surface area contributed by atoms with Crippen LogP contribution < -0.4 is 5.73 Å². The zero-order chi connectivity index (χ0) is 12.8. The maximum Gasteiger partial charge on any atom is 0.0972 e. The molecule has 1 saturated carbocycles. The van der Waals surface area contributed by atoms with Crippen molar-refractivity contribution < 1.29 is 0 Å². The number of rotatable bonds is 3. The lowest BCUT2D eigenvalue weighted by atomic mass is 9.67. The third kappa shape index (κ3) is 3.23. The molecule has 2 aliphatic rings. The molecule has 0 radical (unpaired) electrons. The van der Waals surface area contributed by atoms with Crippen LogP contribution in [0.25, 0.3) is 0 Å².